The Bertz CT molecular complexity index is 1160. The Hall–Kier alpha value is -3.81. The number of carbonyl (C=O) groups is 2. The van der Waals surface area contributed by atoms with Gasteiger partial charge in [0.1, 0.15) is 5.75 Å². The van der Waals surface area contributed by atoms with Crippen LogP contribution in [0.3, 0.4) is 0 Å². The molecule has 0 aliphatic carbocycles. The molecule has 0 saturated heterocycles. The highest BCUT2D eigenvalue weighted by Gasteiger charge is 2.30. The third-order valence-electron chi connectivity index (χ3n) is 4.91. The Morgan fingerprint density at radius 3 is 2.06 bits per heavy atom. The molecule has 0 spiro atoms. The van der Waals surface area contributed by atoms with Gasteiger partial charge in [0.15, 0.2) is 6.10 Å². The van der Waals surface area contributed by atoms with Crippen molar-refractivity contribution < 1.29 is 27.5 Å². The van der Waals surface area contributed by atoms with E-state index in [1.807, 2.05) is 32.0 Å². The van der Waals surface area contributed by atoms with Crippen LogP contribution in [0, 0.1) is 13.8 Å². The second-order valence-corrected chi connectivity index (χ2v) is 7.58. The quantitative estimate of drug-likeness (QED) is 0.480. The summed E-state index contributed by atoms with van der Waals surface area (Å²) >= 11 is 0. The third kappa shape index (κ3) is 6.12. The number of para-hydroxylation sites is 1. The van der Waals surface area contributed by atoms with E-state index < -0.39 is 29.7 Å². The number of ether oxygens (including phenoxy) is 1. The summed E-state index contributed by atoms with van der Waals surface area (Å²) in [6.07, 6.45) is -5.31. The lowest BCUT2D eigenvalue weighted by molar-refractivity contribution is -0.137. The van der Waals surface area contributed by atoms with Gasteiger partial charge in [-0.2, -0.15) is 13.2 Å². The number of rotatable bonds is 6. The number of amides is 2. The van der Waals surface area contributed by atoms with Crippen LogP contribution in [0.1, 0.15) is 34.0 Å². The molecule has 3 rings (SSSR count). The van der Waals surface area contributed by atoms with Crippen molar-refractivity contribution in [3.05, 3.63) is 89.0 Å². The van der Waals surface area contributed by atoms with E-state index in [-0.39, 0.29) is 11.3 Å². The average molecular weight is 456 g/mol. The van der Waals surface area contributed by atoms with E-state index in [0.717, 1.165) is 23.3 Å². The molecular weight excluding hydrogens is 433 g/mol. The second-order valence-electron chi connectivity index (χ2n) is 7.58. The van der Waals surface area contributed by atoms with Crippen molar-refractivity contribution in [2.75, 3.05) is 10.6 Å². The molecule has 0 bridgehead atoms. The normalized spacial score (nSPS) is 12.1. The first-order chi connectivity index (χ1) is 15.5. The highest BCUT2D eigenvalue weighted by Crippen LogP contribution is 2.31. The minimum atomic E-state index is -4.51. The monoisotopic (exact) mass is 456 g/mol. The van der Waals surface area contributed by atoms with Crippen molar-refractivity contribution in [2.45, 2.75) is 33.1 Å². The molecule has 2 amide bonds. The van der Waals surface area contributed by atoms with Crippen LogP contribution in [0.2, 0.25) is 0 Å². The first-order valence-electron chi connectivity index (χ1n) is 10.2. The minimum Gasteiger partial charge on any atom is -0.480 e. The summed E-state index contributed by atoms with van der Waals surface area (Å²) < 4.78 is 44.5. The van der Waals surface area contributed by atoms with Gasteiger partial charge in [0.2, 0.25) is 0 Å². The fourth-order valence-electron chi connectivity index (χ4n) is 3.17. The largest absolute Gasteiger partial charge is 0.480 e. The molecule has 0 heterocycles. The number of alkyl halides is 3. The third-order valence-corrected chi connectivity index (χ3v) is 4.91. The van der Waals surface area contributed by atoms with Crippen LogP contribution in [0.25, 0.3) is 0 Å². The fourth-order valence-corrected chi connectivity index (χ4v) is 3.17. The van der Waals surface area contributed by atoms with Gasteiger partial charge in [-0.1, -0.05) is 30.3 Å². The molecule has 0 fully saturated rings. The van der Waals surface area contributed by atoms with Crippen molar-refractivity contribution >= 4 is 23.2 Å². The molecule has 1 atom stereocenters. The molecule has 0 saturated carbocycles. The number of carbonyl (C=O) groups excluding carboxylic acids is 2. The lowest BCUT2D eigenvalue weighted by atomic mass is 10.1. The van der Waals surface area contributed by atoms with Gasteiger partial charge in [0.05, 0.1) is 5.56 Å². The average Bonchev–Trinajstić information content (AvgIpc) is 2.76. The summed E-state index contributed by atoms with van der Waals surface area (Å²) in [6, 6.07) is 16.1. The molecule has 3 aromatic carbocycles. The maximum atomic E-state index is 12.9. The van der Waals surface area contributed by atoms with Crippen molar-refractivity contribution in [1.82, 2.24) is 0 Å². The van der Waals surface area contributed by atoms with E-state index in [0.29, 0.717) is 11.4 Å². The van der Waals surface area contributed by atoms with Crippen LogP contribution in [-0.2, 0) is 11.0 Å². The SMILES string of the molecule is Cc1cccc(C)c1OC(C)C(=O)Nc1cccc(C(=O)Nc2cccc(C(F)(F)F)c2)c1. The minimum absolute atomic E-state index is 0.0138. The number of halogens is 3. The molecule has 5 nitrogen and oxygen atoms in total. The van der Waals surface area contributed by atoms with Gasteiger partial charge in [-0.15, -0.1) is 0 Å². The van der Waals surface area contributed by atoms with Gasteiger partial charge in [-0.05, 0) is 68.3 Å². The van der Waals surface area contributed by atoms with Gasteiger partial charge in [-0.3, -0.25) is 9.59 Å². The number of anilines is 2. The van der Waals surface area contributed by atoms with Crippen LogP contribution in [0.5, 0.6) is 5.75 Å². The number of hydrogen-bond donors (Lipinski definition) is 2. The smallest absolute Gasteiger partial charge is 0.416 e. The van der Waals surface area contributed by atoms with Crippen LogP contribution < -0.4 is 15.4 Å². The Kier molecular flexibility index (Phi) is 7.06. The number of nitrogens with one attached hydrogen (secondary N) is 2. The second kappa shape index (κ2) is 9.77. The van der Waals surface area contributed by atoms with Crippen molar-refractivity contribution in [1.29, 1.82) is 0 Å². The highest BCUT2D eigenvalue weighted by molar-refractivity contribution is 6.05. The first kappa shape index (κ1) is 23.8. The summed E-state index contributed by atoms with van der Waals surface area (Å²) in [5, 5.41) is 5.14. The Morgan fingerprint density at radius 2 is 1.42 bits per heavy atom. The summed E-state index contributed by atoms with van der Waals surface area (Å²) in [7, 11) is 0. The molecule has 0 aromatic heterocycles. The van der Waals surface area contributed by atoms with Gasteiger partial charge in [-0.25, -0.2) is 0 Å². The summed E-state index contributed by atoms with van der Waals surface area (Å²) in [5.74, 6) is -0.382. The molecule has 1 unspecified atom stereocenters. The van der Waals surface area contributed by atoms with E-state index in [1.54, 1.807) is 19.1 Å². The molecule has 172 valence electrons. The van der Waals surface area contributed by atoms with Gasteiger partial charge < -0.3 is 15.4 Å². The summed E-state index contributed by atoms with van der Waals surface area (Å²) in [5.41, 5.74) is 1.49. The molecule has 0 aliphatic heterocycles. The van der Waals surface area contributed by atoms with Gasteiger partial charge in [0, 0.05) is 16.9 Å². The standard InChI is InChI=1S/C25H23F3N2O3/c1-15-7-4-8-16(2)22(15)33-17(3)23(31)29-20-11-5-9-18(13-20)24(32)30-21-12-6-10-19(14-21)25(26,27)28/h4-14,17H,1-3H3,(H,29,31)(H,30,32). The fraction of sp³-hybridized carbons (Fsp3) is 0.200. The molecule has 3 aromatic rings. The predicted octanol–water partition coefficient (Wildman–Crippen LogP) is 5.98. The zero-order chi connectivity index (χ0) is 24.2. The van der Waals surface area contributed by atoms with Crippen molar-refractivity contribution in [2.24, 2.45) is 0 Å². The lowest BCUT2D eigenvalue weighted by Crippen LogP contribution is -2.30. The van der Waals surface area contributed by atoms with Crippen LogP contribution in [0.15, 0.2) is 66.7 Å². The molecule has 8 heteroatoms. The van der Waals surface area contributed by atoms with Crippen LogP contribution in [0.4, 0.5) is 24.5 Å². The van der Waals surface area contributed by atoms with E-state index in [9.17, 15) is 22.8 Å². The first-order valence-corrected chi connectivity index (χ1v) is 10.2. The molecule has 2 N–H and O–H groups in total. The van der Waals surface area contributed by atoms with Crippen LogP contribution >= 0.6 is 0 Å². The number of hydrogen-bond acceptors (Lipinski definition) is 3. The van der Waals surface area contributed by atoms with E-state index in [4.69, 9.17) is 4.74 Å². The summed E-state index contributed by atoms with van der Waals surface area (Å²) in [6.45, 7) is 5.39. The van der Waals surface area contributed by atoms with E-state index in [2.05, 4.69) is 10.6 Å². The number of benzene rings is 3. The number of aryl methyl sites for hydroxylation is 2. The zero-order valence-electron chi connectivity index (χ0n) is 18.3. The molecule has 0 aliphatic rings. The maximum absolute atomic E-state index is 12.9. The van der Waals surface area contributed by atoms with Gasteiger partial charge >= 0.3 is 6.18 Å². The van der Waals surface area contributed by atoms with Crippen molar-refractivity contribution in [3.8, 4) is 5.75 Å². The Balaban J connectivity index is 1.68. The molecule has 33 heavy (non-hydrogen) atoms. The lowest BCUT2D eigenvalue weighted by Gasteiger charge is -2.18. The Labute approximate surface area is 189 Å². The van der Waals surface area contributed by atoms with E-state index >= 15 is 0 Å². The molecular formula is C25H23F3N2O3. The topological polar surface area (TPSA) is 67.4 Å². The highest BCUT2D eigenvalue weighted by atomic mass is 19.4. The van der Waals surface area contributed by atoms with E-state index in [1.165, 1.54) is 24.3 Å². The predicted molar refractivity (Wildman–Crippen MR) is 120 cm³/mol. The zero-order valence-corrected chi connectivity index (χ0v) is 18.3. The Morgan fingerprint density at radius 1 is 0.848 bits per heavy atom. The maximum Gasteiger partial charge on any atom is 0.416 e. The summed E-state index contributed by atoms with van der Waals surface area (Å²) in [4.78, 5) is 25.1. The van der Waals surface area contributed by atoms with Gasteiger partial charge in [0.25, 0.3) is 11.8 Å². The van der Waals surface area contributed by atoms with Crippen molar-refractivity contribution in [3.63, 3.8) is 0 Å². The van der Waals surface area contributed by atoms with Crippen LogP contribution in [-0.4, -0.2) is 17.9 Å². The molecule has 0 radical (unpaired) electrons.